The molecule has 0 saturated carbocycles. The lowest BCUT2D eigenvalue weighted by atomic mass is 10.1. The fourth-order valence-electron chi connectivity index (χ4n) is 3.52. The van der Waals surface area contributed by atoms with Gasteiger partial charge in [-0.3, -0.25) is 10.1 Å². The predicted octanol–water partition coefficient (Wildman–Crippen LogP) is 2.55. The number of thiazole rings is 1. The number of quaternary nitrogens is 1. The van der Waals surface area contributed by atoms with Crippen molar-refractivity contribution in [1.29, 1.82) is 0 Å². The number of benzene rings is 2. The van der Waals surface area contributed by atoms with E-state index in [4.69, 9.17) is 9.47 Å². The minimum absolute atomic E-state index is 0.221. The van der Waals surface area contributed by atoms with Crippen molar-refractivity contribution < 1.29 is 19.2 Å². The lowest BCUT2D eigenvalue weighted by molar-refractivity contribution is -0.929. The molecule has 0 saturated heterocycles. The van der Waals surface area contributed by atoms with Gasteiger partial charge in [0.2, 0.25) is 0 Å². The molecule has 2 aromatic carbocycles. The van der Waals surface area contributed by atoms with Crippen LogP contribution in [0, 0.1) is 0 Å². The van der Waals surface area contributed by atoms with Crippen molar-refractivity contribution >= 4 is 22.4 Å². The summed E-state index contributed by atoms with van der Waals surface area (Å²) in [7, 11) is 3.13. The molecule has 7 heteroatoms. The molecular weight excluding hydrogens is 386 g/mol. The van der Waals surface area contributed by atoms with Crippen LogP contribution in [0.3, 0.4) is 0 Å². The molecule has 1 aliphatic rings. The van der Waals surface area contributed by atoms with Crippen molar-refractivity contribution in [3.8, 4) is 11.5 Å². The summed E-state index contributed by atoms with van der Waals surface area (Å²) in [5.41, 5.74) is 2.92. The topological polar surface area (TPSA) is 64.9 Å². The number of anilines is 1. The van der Waals surface area contributed by atoms with Gasteiger partial charge in [-0.15, -0.1) is 0 Å². The van der Waals surface area contributed by atoms with E-state index in [0.717, 1.165) is 31.7 Å². The number of carbonyl (C=O) groups excluding carboxylic acids is 1. The van der Waals surface area contributed by atoms with E-state index < -0.39 is 0 Å². The number of aromatic nitrogens is 1. The summed E-state index contributed by atoms with van der Waals surface area (Å²) in [6, 6.07) is 15.7. The van der Waals surface area contributed by atoms with Crippen molar-refractivity contribution in [3.63, 3.8) is 0 Å². The lowest BCUT2D eigenvalue weighted by Gasteiger charge is -2.22. The van der Waals surface area contributed by atoms with Crippen LogP contribution in [0.1, 0.15) is 26.5 Å². The summed E-state index contributed by atoms with van der Waals surface area (Å²) in [5.74, 6) is 0.933. The molecule has 1 unspecified atom stereocenters. The summed E-state index contributed by atoms with van der Waals surface area (Å²) in [4.78, 5) is 20.1. The third kappa shape index (κ3) is 4.58. The second-order valence-electron chi connectivity index (χ2n) is 7.03. The molecule has 4 rings (SSSR count). The number of hydrogen-bond acceptors (Lipinski definition) is 5. The number of amides is 1. The van der Waals surface area contributed by atoms with Gasteiger partial charge in [-0.05, 0) is 12.1 Å². The van der Waals surface area contributed by atoms with Crippen LogP contribution in [0.2, 0.25) is 0 Å². The summed E-state index contributed by atoms with van der Waals surface area (Å²) in [6.45, 7) is 2.99. The maximum Gasteiger partial charge on any atom is 0.257 e. The zero-order chi connectivity index (χ0) is 20.2. The molecule has 150 valence electrons. The molecule has 2 N–H and O–H groups in total. The van der Waals surface area contributed by atoms with Crippen molar-refractivity contribution in [3.05, 3.63) is 70.2 Å². The number of methoxy groups -OCH3 is 2. The smallest absolute Gasteiger partial charge is 0.257 e. The van der Waals surface area contributed by atoms with E-state index in [-0.39, 0.29) is 5.91 Å². The molecule has 0 radical (unpaired) electrons. The maximum absolute atomic E-state index is 12.7. The first-order chi connectivity index (χ1) is 14.1. The fourth-order valence-corrected chi connectivity index (χ4v) is 4.60. The largest absolute Gasteiger partial charge is 0.497 e. The van der Waals surface area contributed by atoms with Gasteiger partial charge < -0.3 is 14.4 Å². The Labute approximate surface area is 174 Å². The van der Waals surface area contributed by atoms with Gasteiger partial charge in [0, 0.05) is 23.6 Å². The van der Waals surface area contributed by atoms with Gasteiger partial charge in [-0.1, -0.05) is 41.7 Å². The first kappa shape index (κ1) is 19.4. The zero-order valence-corrected chi connectivity index (χ0v) is 17.3. The molecule has 1 aliphatic heterocycles. The summed E-state index contributed by atoms with van der Waals surface area (Å²) in [6.07, 6.45) is 0.927. The Morgan fingerprint density at radius 3 is 2.55 bits per heavy atom. The van der Waals surface area contributed by atoms with Gasteiger partial charge in [0.25, 0.3) is 5.91 Å². The number of rotatable bonds is 6. The monoisotopic (exact) mass is 410 g/mol. The molecule has 1 aromatic heterocycles. The highest BCUT2D eigenvalue weighted by Crippen LogP contribution is 2.27. The van der Waals surface area contributed by atoms with Gasteiger partial charge in [-0.2, -0.15) is 0 Å². The van der Waals surface area contributed by atoms with E-state index in [1.165, 1.54) is 15.3 Å². The van der Waals surface area contributed by atoms with Gasteiger partial charge >= 0.3 is 0 Å². The van der Waals surface area contributed by atoms with Crippen LogP contribution in [0.4, 0.5) is 5.13 Å². The molecule has 0 aliphatic carbocycles. The van der Waals surface area contributed by atoms with Gasteiger partial charge in [0.05, 0.1) is 31.3 Å². The maximum atomic E-state index is 12.7. The SMILES string of the molecule is COc1cc(OC)cc(C(=O)Nc2nc3c(s2)C[NH+](Cc2ccccc2)CC3)c1. The van der Waals surface area contributed by atoms with E-state index in [1.807, 2.05) is 6.07 Å². The highest BCUT2D eigenvalue weighted by atomic mass is 32.1. The summed E-state index contributed by atoms with van der Waals surface area (Å²) >= 11 is 1.57. The third-order valence-electron chi connectivity index (χ3n) is 5.04. The van der Waals surface area contributed by atoms with Crippen LogP contribution in [-0.2, 0) is 19.5 Å². The van der Waals surface area contributed by atoms with Crippen molar-refractivity contribution in [1.82, 2.24) is 4.98 Å². The van der Waals surface area contributed by atoms with Crippen LogP contribution in [0.5, 0.6) is 11.5 Å². The Balaban J connectivity index is 1.45. The minimum Gasteiger partial charge on any atom is -0.497 e. The van der Waals surface area contributed by atoms with Gasteiger partial charge in [0.1, 0.15) is 24.6 Å². The van der Waals surface area contributed by atoms with Crippen LogP contribution in [-0.4, -0.2) is 31.7 Å². The Morgan fingerprint density at radius 2 is 1.86 bits per heavy atom. The van der Waals surface area contributed by atoms with E-state index >= 15 is 0 Å². The Kier molecular flexibility index (Phi) is 5.78. The molecule has 2 heterocycles. The van der Waals surface area contributed by atoms with Crippen molar-refractivity contribution in [2.24, 2.45) is 0 Å². The number of nitrogens with zero attached hydrogens (tertiary/aromatic N) is 1. The molecule has 1 atom stereocenters. The molecule has 0 fully saturated rings. The van der Waals surface area contributed by atoms with E-state index in [0.29, 0.717) is 22.2 Å². The van der Waals surface area contributed by atoms with Crippen molar-refractivity contribution in [2.75, 3.05) is 26.1 Å². The average molecular weight is 411 g/mol. The standard InChI is InChI=1S/C22H23N3O3S/c1-27-17-10-16(11-18(12-17)28-2)21(26)24-22-23-19-8-9-25(14-20(19)29-22)13-15-6-4-3-5-7-15/h3-7,10-12H,8-9,13-14H2,1-2H3,(H,23,24,26)/p+1. The normalized spacial score (nSPS) is 15.4. The van der Waals surface area contributed by atoms with Gasteiger partial charge in [-0.25, -0.2) is 4.98 Å². The summed E-state index contributed by atoms with van der Waals surface area (Å²) in [5, 5.41) is 3.57. The van der Waals surface area contributed by atoms with Crippen molar-refractivity contribution in [2.45, 2.75) is 19.5 Å². The first-order valence-electron chi connectivity index (χ1n) is 9.55. The molecule has 1 amide bonds. The fraction of sp³-hybridized carbons (Fsp3) is 0.273. The Hall–Kier alpha value is -2.90. The second kappa shape index (κ2) is 8.63. The minimum atomic E-state index is -0.221. The number of carbonyl (C=O) groups is 1. The molecule has 0 spiro atoms. The number of ether oxygens (including phenoxy) is 2. The number of hydrogen-bond donors (Lipinski definition) is 2. The molecule has 0 bridgehead atoms. The van der Waals surface area contributed by atoms with Crippen LogP contribution in [0.25, 0.3) is 0 Å². The quantitative estimate of drug-likeness (QED) is 0.656. The zero-order valence-electron chi connectivity index (χ0n) is 16.5. The van der Waals surface area contributed by atoms with Gasteiger partial charge in [0.15, 0.2) is 5.13 Å². The van der Waals surface area contributed by atoms with E-state index in [2.05, 4.69) is 34.6 Å². The van der Waals surface area contributed by atoms with E-state index in [1.54, 1.807) is 43.8 Å². The van der Waals surface area contributed by atoms with Crippen LogP contribution < -0.4 is 19.7 Å². The lowest BCUT2D eigenvalue weighted by Crippen LogP contribution is -3.10. The predicted molar refractivity (Wildman–Crippen MR) is 113 cm³/mol. The van der Waals surface area contributed by atoms with E-state index in [9.17, 15) is 4.79 Å². The molecular formula is C22H24N3O3S+. The number of fused-ring (bicyclic) bond motifs is 1. The first-order valence-corrected chi connectivity index (χ1v) is 10.4. The van der Waals surface area contributed by atoms with Crippen LogP contribution in [0.15, 0.2) is 48.5 Å². The highest BCUT2D eigenvalue weighted by molar-refractivity contribution is 7.15. The highest BCUT2D eigenvalue weighted by Gasteiger charge is 2.24. The second-order valence-corrected chi connectivity index (χ2v) is 8.12. The summed E-state index contributed by atoms with van der Waals surface area (Å²) < 4.78 is 10.5. The molecule has 3 aromatic rings. The molecule has 29 heavy (non-hydrogen) atoms. The van der Waals surface area contributed by atoms with Crippen LogP contribution >= 0.6 is 11.3 Å². The average Bonchev–Trinajstić information content (AvgIpc) is 3.15. The Morgan fingerprint density at radius 1 is 1.14 bits per heavy atom. The third-order valence-corrected chi connectivity index (χ3v) is 6.05. The number of nitrogens with one attached hydrogen (secondary N) is 2. The Bertz CT molecular complexity index is 982. The molecule has 6 nitrogen and oxygen atoms in total.